The quantitative estimate of drug-likeness (QED) is 0.895. The van der Waals surface area contributed by atoms with Crippen molar-refractivity contribution >= 4 is 11.9 Å². The van der Waals surface area contributed by atoms with Crippen molar-refractivity contribution in [2.24, 2.45) is 11.8 Å². The number of urea groups is 1. The van der Waals surface area contributed by atoms with E-state index in [2.05, 4.69) is 10.4 Å². The number of hydrogen-bond donors (Lipinski definition) is 1. The molecule has 3 rings (SSSR count). The second-order valence-electron chi connectivity index (χ2n) is 6.47. The number of piperidine rings is 1. The molecule has 23 heavy (non-hydrogen) atoms. The predicted molar refractivity (Wildman–Crippen MR) is 85.7 cm³/mol. The van der Waals surface area contributed by atoms with E-state index in [1.165, 1.54) is 0 Å². The molecular weight excluding hydrogens is 294 g/mol. The zero-order valence-electron chi connectivity index (χ0n) is 13.6. The van der Waals surface area contributed by atoms with Gasteiger partial charge in [-0.15, -0.1) is 0 Å². The molecule has 126 valence electrons. The highest BCUT2D eigenvalue weighted by Crippen LogP contribution is 2.31. The Balaban J connectivity index is 1.46. The van der Waals surface area contributed by atoms with Crippen LogP contribution in [0.25, 0.3) is 0 Å². The van der Waals surface area contributed by atoms with Crippen LogP contribution < -0.4 is 5.32 Å². The van der Waals surface area contributed by atoms with Crippen LogP contribution in [0.4, 0.5) is 4.79 Å². The maximum atomic E-state index is 12.3. The number of amides is 3. The zero-order chi connectivity index (χ0) is 16.2. The second kappa shape index (κ2) is 7.02. The van der Waals surface area contributed by atoms with E-state index in [0.29, 0.717) is 18.4 Å². The lowest BCUT2D eigenvalue weighted by Crippen LogP contribution is -2.44. The minimum absolute atomic E-state index is 0.0194. The van der Waals surface area contributed by atoms with E-state index in [-0.39, 0.29) is 11.9 Å². The van der Waals surface area contributed by atoms with Crippen molar-refractivity contribution in [3.63, 3.8) is 0 Å². The van der Waals surface area contributed by atoms with Gasteiger partial charge in [-0.2, -0.15) is 5.10 Å². The Morgan fingerprint density at radius 1 is 1.13 bits per heavy atom. The van der Waals surface area contributed by atoms with Gasteiger partial charge in [-0.25, -0.2) is 4.79 Å². The van der Waals surface area contributed by atoms with Crippen molar-refractivity contribution in [1.29, 1.82) is 0 Å². The summed E-state index contributed by atoms with van der Waals surface area (Å²) in [6.45, 7) is 3.67. The van der Waals surface area contributed by atoms with E-state index < -0.39 is 0 Å². The summed E-state index contributed by atoms with van der Waals surface area (Å²) >= 11 is 0. The molecule has 0 saturated carbocycles. The first-order valence-electron chi connectivity index (χ1n) is 8.39. The molecule has 2 saturated heterocycles. The first-order chi connectivity index (χ1) is 11.2. The number of nitrogens with one attached hydrogen (secondary N) is 1. The van der Waals surface area contributed by atoms with E-state index in [1.807, 2.05) is 22.1 Å². The van der Waals surface area contributed by atoms with Gasteiger partial charge in [0.1, 0.15) is 6.54 Å². The Morgan fingerprint density at radius 2 is 1.83 bits per heavy atom. The molecule has 1 atom stereocenters. The lowest BCUT2D eigenvalue weighted by molar-refractivity contribution is -0.131. The van der Waals surface area contributed by atoms with Gasteiger partial charge in [0.25, 0.3) is 0 Å². The molecule has 0 aliphatic carbocycles. The smallest absolute Gasteiger partial charge is 0.317 e. The fourth-order valence-electron chi connectivity index (χ4n) is 3.76. The molecule has 0 bridgehead atoms. The fourth-order valence-corrected chi connectivity index (χ4v) is 3.76. The Kier molecular flexibility index (Phi) is 4.83. The van der Waals surface area contributed by atoms with Crippen molar-refractivity contribution < 1.29 is 9.59 Å². The van der Waals surface area contributed by atoms with Crippen LogP contribution in [0.2, 0.25) is 0 Å². The van der Waals surface area contributed by atoms with Gasteiger partial charge in [-0.3, -0.25) is 9.48 Å². The molecule has 3 heterocycles. The average Bonchev–Trinajstić information content (AvgIpc) is 3.26. The van der Waals surface area contributed by atoms with E-state index in [1.54, 1.807) is 17.9 Å². The van der Waals surface area contributed by atoms with Gasteiger partial charge in [0.05, 0.1) is 0 Å². The van der Waals surface area contributed by atoms with Crippen LogP contribution in [0.15, 0.2) is 18.5 Å². The number of rotatable bonds is 3. The van der Waals surface area contributed by atoms with Gasteiger partial charge < -0.3 is 15.1 Å². The Hall–Kier alpha value is -2.05. The minimum atomic E-state index is 0.0194. The van der Waals surface area contributed by atoms with Crippen LogP contribution in [-0.4, -0.2) is 64.7 Å². The van der Waals surface area contributed by atoms with Gasteiger partial charge in [-0.1, -0.05) is 0 Å². The summed E-state index contributed by atoms with van der Waals surface area (Å²) in [7, 11) is 1.68. The number of hydrogen-bond acceptors (Lipinski definition) is 3. The number of carbonyl (C=O) groups excluding carboxylic acids is 2. The molecule has 1 N–H and O–H groups in total. The molecule has 2 aliphatic heterocycles. The summed E-state index contributed by atoms with van der Waals surface area (Å²) in [5, 5.41) is 6.78. The SMILES string of the molecule is CNC(=O)N1CCC(C2CCN(C(=O)Cn3cccn3)C2)CC1. The highest BCUT2D eigenvalue weighted by Gasteiger charge is 2.34. The molecule has 2 aliphatic rings. The maximum Gasteiger partial charge on any atom is 0.317 e. The third-order valence-corrected chi connectivity index (χ3v) is 5.14. The Morgan fingerprint density at radius 3 is 2.48 bits per heavy atom. The van der Waals surface area contributed by atoms with Crippen LogP contribution in [0.3, 0.4) is 0 Å². The highest BCUT2D eigenvalue weighted by atomic mass is 16.2. The normalized spacial score (nSPS) is 22.4. The number of likely N-dealkylation sites (tertiary alicyclic amines) is 2. The van der Waals surface area contributed by atoms with Crippen LogP contribution in [-0.2, 0) is 11.3 Å². The molecule has 3 amide bonds. The standard InChI is InChI=1S/C16H25N5O2/c1-17-16(23)19-8-3-13(4-9-19)14-5-10-20(11-14)15(22)12-21-7-2-6-18-21/h2,6-7,13-14H,3-5,8-12H2,1H3,(H,17,23). The van der Waals surface area contributed by atoms with Crippen LogP contribution in [0, 0.1) is 11.8 Å². The molecule has 1 aromatic rings. The number of carbonyl (C=O) groups is 2. The molecule has 7 nitrogen and oxygen atoms in total. The molecular formula is C16H25N5O2. The molecule has 0 spiro atoms. The highest BCUT2D eigenvalue weighted by molar-refractivity contribution is 5.76. The van der Waals surface area contributed by atoms with E-state index in [4.69, 9.17) is 0 Å². The zero-order valence-corrected chi connectivity index (χ0v) is 13.6. The summed E-state index contributed by atoms with van der Waals surface area (Å²) in [6, 6.07) is 1.85. The Labute approximate surface area is 136 Å². The molecule has 7 heteroatoms. The number of aromatic nitrogens is 2. The van der Waals surface area contributed by atoms with Gasteiger partial charge in [-0.05, 0) is 37.2 Å². The Bertz CT molecular complexity index is 537. The third kappa shape index (κ3) is 3.65. The predicted octanol–water partition coefficient (Wildman–Crippen LogP) is 0.783. The van der Waals surface area contributed by atoms with Crippen LogP contribution in [0.1, 0.15) is 19.3 Å². The van der Waals surface area contributed by atoms with Crippen LogP contribution in [0.5, 0.6) is 0 Å². The third-order valence-electron chi connectivity index (χ3n) is 5.14. The summed E-state index contributed by atoms with van der Waals surface area (Å²) in [6.07, 6.45) is 6.67. The lowest BCUT2D eigenvalue weighted by Gasteiger charge is -2.34. The largest absolute Gasteiger partial charge is 0.341 e. The summed E-state index contributed by atoms with van der Waals surface area (Å²) in [5.74, 6) is 1.35. The monoisotopic (exact) mass is 319 g/mol. The lowest BCUT2D eigenvalue weighted by atomic mass is 9.84. The van der Waals surface area contributed by atoms with E-state index in [0.717, 1.165) is 45.4 Å². The van der Waals surface area contributed by atoms with Crippen molar-refractivity contribution in [1.82, 2.24) is 24.9 Å². The van der Waals surface area contributed by atoms with Gasteiger partial charge >= 0.3 is 6.03 Å². The van der Waals surface area contributed by atoms with Crippen LogP contribution >= 0.6 is 0 Å². The second-order valence-corrected chi connectivity index (χ2v) is 6.47. The summed E-state index contributed by atoms with van der Waals surface area (Å²) < 4.78 is 1.68. The van der Waals surface area contributed by atoms with E-state index >= 15 is 0 Å². The molecule has 2 fully saturated rings. The van der Waals surface area contributed by atoms with Gasteiger partial charge in [0.2, 0.25) is 5.91 Å². The summed E-state index contributed by atoms with van der Waals surface area (Å²) in [5.41, 5.74) is 0. The average molecular weight is 319 g/mol. The number of nitrogens with zero attached hydrogens (tertiary/aromatic N) is 4. The van der Waals surface area contributed by atoms with Crippen molar-refractivity contribution in [2.75, 3.05) is 33.2 Å². The van der Waals surface area contributed by atoms with E-state index in [9.17, 15) is 9.59 Å². The first-order valence-corrected chi connectivity index (χ1v) is 8.39. The topological polar surface area (TPSA) is 70.5 Å². The maximum absolute atomic E-state index is 12.3. The summed E-state index contributed by atoms with van der Waals surface area (Å²) in [4.78, 5) is 27.8. The van der Waals surface area contributed by atoms with Gasteiger partial charge in [0.15, 0.2) is 0 Å². The van der Waals surface area contributed by atoms with Crippen molar-refractivity contribution in [3.8, 4) is 0 Å². The van der Waals surface area contributed by atoms with Crippen molar-refractivity contribution in [2.45, 2.75) is 25.8 Å². The molecule has 1 unspecified atom stereocenters. The first kappa shape index (κ1) is 15.8. The minimum Gasteiger partial charge on any atom is -0.341 e. The van der Waals surface area contributed by atoms with Crippen molar-refractivity contribution in [3.05, 3.63) is 18.5 Å². The molecule has 0 aromatic carbocycles. The fraction of sp³-hybridized carbons (Fsp3) is 0.688. The molecule has 1 aromatic heterocycles. The molecule has 0 radical (unpaired) electrons. The van der Waals surface area contributed by atoms with Gasteiger partial charge in [0, 0.05) is 45.6 Å².